The van der Waals surface area contributed by atoms with Crippen molar-refractivity contribution < 1.29 is 4.79 Å². The van der Waals surface area contributed by atoms with Crippen molar-refractivity contribution in [1.82, 2.24) is 9.97 Å². The maximum absolute atomic E-state index is 11.8. The van der Waals surface area contributed by atoms with Crippen LogP contribution in [0.1, 0.15) is 11.3 Å². The molecule has 5 nitrogen and oxygen atoms in total. The Morgan fingerprint density at radius 1 is 1.33 bits per heavy atom. The van der Waals surface area contributed by atoms with E-state index in [1.165, 1.54) is 6.20 Å². The number of aromatic nitrogens is 2. The lowest BCUT2D eigenvalue weighted by molar-refractivity contribution is -0.115. The number of nitrogens with zero attached hydrogens (tertiary/aromatic N) is 2. The lowest BCUT2D eigenvalue weighted by Gasteiger charge is -2.06. The number of nitrogen functional groups attached to an aromatic ring is 1. The SMILES string of the molecule is Cc1cccnc1NC(=O)Cc1ccc(N)cn1. The first-order chi connectivity index (χ1) is 8.65. The van der Waals surface area contributed by atoms with Crippen molar-refractivity contribution in [2.24, 2.45) is 0 Å². The van der Waals surface area contributed by atoms with E-state index in [4.69, 9.17) is 5.73 Å². The Labute approximate surface area is 105 Å². The van der Waals surface area contributed by atoms with Crippen LogP contribution in [0.2, 0.25) is 0 Å². The number of pyridine rings is 2. The van der Waals surface area contributed by atoms with Crippen LogP contribution >= 0.6 is 0 Å². The van der Waals surface area contributed by atoms with Crippen LogP contribution in [0.25, 0.3) is 0 Å². The summed E-state index contributed by atoms with van der Waals surface area (Å²) in [6.45, 7) is 1.89. The van der Waals surface area contributed by atoms with E-state index in [9.17, 15) is 4.79 Å². The Morgan fingerprint density at radius 2 is 2.17 bits per heavy atom. The molecule has 0 unspecified atom stereocenters. The molecule has 1 amide bonds. The van der Waals surface area contributed by atoms with Crippen molar-refractivity contribution in [2.75, 3.05) is 11.1 Å². The molecule has 0 bridgehead atoms. The predicted octanol–water partition coefficient (Wildman–Crippen LogP) is 1.55. The molecule has 0 aliphatic carbocycles. The first-order valence-corrected chi connectivity index (χ1v) is 5.57. The fourth-order valence-corrected chi connectivity index (χ4v) is 1.50. The molecule has 2 aromatic heterocycles. The zero-order valence-corrected chi connectivity index (χ0v) is 10.1. The first kappa shape index (κ1) is 12.0. The fraction of sp³-hybridized carbons (Fsp3) is 0.154. The van der Waals surface area contributed by atoms with E-state index in [0.29, 0.717) is 17.2 Å². The lowest BCUT2D eigenvalue weighted by Crippen LogP contribution is -2.16. The Kier molecular flexibility index (Phi) is 3.52. The predicted molar refractivity (Wildman–Crippen MR) is 70.0 cm³/mol. The number of carbonyl (C=O) groups excluding carboxylic acids is 1. The van der Waals surface area contributed by atoms with Crippen LogP contribution in [-0.4, -0.2) is 15.9 Å². The third-order valence-electron chi connectivity index (χ3n) is 2.46. The summed E-state index contributed by atoms with van der Waals surface area (Å²) in [7, 11) is 0. The quantitative estimate of drug-likeness (QED) is 0.855. The molecule has 5 heteroatoms. The minimum Gasteiger partial charge on any atom is -0.397 e. The number of anilines is 2. The minimum absolute atomic E-state index is 0.144. The summed E-state index contributed by atoms with van der Waals surface area (Å²) in [5, 5.41) is 2.75. The molecule has 92 valence electrons. The van der Waals surface area contributed by atoms with Crippen molar-refractivity contribution >= 4 is 17.4 Å². The maximum atomic E-state index is 11.8. The van der Waals surface area contributed by atoms with Crippen molar-refractivity contribution in [2.45, 2.75) is 13.3 Å². The summed E-state index contributed by atoms with van der Waals surface area (Å²) in [5.41, 5.74) is 7.71. The van der Waals surface area contributed by atoms with Crippen molar-refractivity contribution in [3.8, 4) is 0 Å². The van der Waals surface area contributed by atoms with Gasteiger partial charge in [0.05, 0.1) is 18.3 Å². The van der Waals surface area contributed by atoms with E-state index in [2.05, 4.69) is 15.3 Å². The molecule has 0 radical (unpaired) electrons. The molecule has 0 aromatic carbocycles. The van der Waals surface area contributed by atoms with Gasteiger partial charge in [0.25, 0.3) is 0 Å². The molecule has 0 saturated heterocycles. The van der Waals surface area contributed by atoms with Gasteiger partial charge in [-0.3, -0.25) is 9.78 Å². The molecule has 0 atom stereocenters. The van der Waals surface area contributed by atoms with E-state index in [1.807, 2.05) is 19.1 Å². The molecule has 0 aliphatic rings. The molecule has 2 heterocycles. The van der Waals surface area contributed by atoms with E-state index < -0.39 is 0 Å². The summed E-state index contributed by atoms with van der Waals surface area (Å²) < 4.78 is 0. The number of nitrogens with two attached hydrogens (primary N) is 1. The van der Waals surface area contributed by atoms with E-state index in [1.54, 1.807) is 18.3 Å². The molecule has 18 heavy (non-hydrogen) atoms. The smallest absolute Gasteiger partial charge is 0.231 e. The zero-order valence-electron chi connectivity index (χ0n) is 10.1. The van der Waals surface area contributed by atoms with Crippen LogP contribution in [0.3, 0.4) is 0 Å². The number of rotatable bonds is 3. The van der Waals surface area contributed by atoms with Crippen LogP contribution in [0.5, 0.6) is 0 Å². The molecule has 2 aromatic rings. The maximum Gasteiger partial charge on any atom is 0.231 e. The van der Waals surface area contributed by atoms with Crippen molar-refractivity contribution in [3.05, 3.63) is 47.9 Å². The minimum atomic E-state index is -0.144. The lowest BCUT2D eigenvalue weighted by atomic mass is 10.2. The number of hydrogen-bond donors (Lipinski definition) is 2. The van der Waals surface area contributed by atoms with Crippen LogP contribution in [-0.2, 0) is 11.2 Å². The first-order valence-electron chi connectivity index (χ1n) is 5.57. The molecular weight excluding hydrogens is 228 g/mol. The molecule has 2 rings (SSSR count). The Hall–Kier alpha value is -2.43. The second-order valence-electron chi connectivity index (χ2n) is 3.98. The van der Waals surface area contributed by atoms with Gasteiger partial charge in [0.2, 0.25) is 5.91 Å². The van der Waals surface area contributed by atoms with E-state index >= 15 is 0 Å². The van der Waals surface area contributed by atoms with Crippen LogP contribution < -0.4 is 11.1 Å². The highest BCUT2D eigenvalue weighted by Crippen LogP contribution is 2.10. The van der Waals surface area contributed by atoms with E-state index in [-0.39, 0.29) is 12.3 Å². The number of nitrogens with one attached hydrogen (secondary N) is 1. The number of amides is 1. The van der Waals surface area contributed by atoms with Gasteiger partial charge in [-0.15, -0.1) is 0 Å². The summed E-state index contributed by atoms with van der Waals surface area (Å²) in [4.78, 5) is 20.0. The summed E-state index contributed by atoms with van der Waals surface area (Å²) in [6, 6.07) is 7.18. The molecular formula is C13H14N4O. The third kappa shape index (κ3) is 3.04. The van der Waals surface area contributed by atoms with Crippen LogP contribution in [0.15, 0.2) is 36.7 Å². The van der Waals surface area contributed by atoms with Crippen LogP contribution in [0.4, 0.5) is 11.5 Å². The van der Waals surface area contributed by atoms with Gasteiger partial charge < -0.3 is 11.1 Å². The van der Waals surface area contributed by atoms with Gasteiger partial charge in [-0.05, 0) is 30.7 Å². The Bertz CT molecular complexity index is 551. The Morgan fingerprint density at radius 3 is 2.83 bits per heavy atom. The summed E-state index contributed by atoms with van der Waals surface area (Å²) >= 11 is 0. The Balaban J connectivity index is 2.01. The molecule has 0 aliphatic heterocycles. The number of aryl methyl sites for hydroxylation is 1. The van der Waals surface area contributed by atoms with Gasteiger partial charge in [0.1, 0.15) is 5.82 Å². The highest BCUT2D eigenvalue weighted by atomic mass is 16.1. The fourth-order valence-electron chi connectivity index (χ4n) is 1.50. The zero-order chi connectivity index (χ0) is 13.0. The highest BCUT2D eigenvalue weighted by molar-refractivity contribution is 5.91. The molecule has 0 fully saturated rings. The third-order valence-corrected chi connectivity index (χ3v) is 2.46. The topological polar surface area (TPSA) is 80.9 Å². The van der Waals surface area contributed by atoms with Gasteiger partial charge >= 0.3 is 0 Å². The van der Waals surface area contributed by atoms with Gasteiger partial charge in [-0.25, -0.2) is 4.98 Å². The van der Waals surface area contributed by atoms with Gasteiger partial charge in [0.15, 0.2) is 0 Å². The summed E-state index contributed by atoms with van der Waals surface area (Å²) in [5.74, 6) is 0.437. The molecule has 0 saturated carbocycles. The number of hydrogen-bond acceptors (Lipinski definition) is 4. The van der Waals surface area contributed by atoms with E-state index in [0.717, 1.165) is 5.56 Å². The van der Waals surface area contributed by atoms with Crippen molar-refractivity contribution in [3.63, 3.8) is 0 Å². The highest BCUT2D eigenvalue weighted by Gasteiger charge is 2.07. The second kappa shape index (κ2) is 5.27. The second-order valence-corrected chi connectivity index (χ2v) is 3.98. The summed E-state index contributed by atoms with van der Waals surface area (Å²) in [6.07, 6.45) is 3.38. The average Bonchev–Trinajstić information content (AvgIpc) is 2.35. The van der Waals surface area contributed by atoms with Gasteiger partial charge in [-0.2, -0.15) is 0 Å². The average molecular weight is 242 g/mol. The molecule has 3 N–H and O–H groups in total. The van der Waals surface area contributed by atoms with Gasteiger partial charge in [-0.1, -0.05) is 6.07 Å². The van der Waals surface area contributed by atoms with Gasteiger partial charge in [0, 0.05) is 11.9 Å². The largest absolute Gasteiger partial charge is 0.397 e. The monoisotopic (exact) mass is 242 g/mol. The number of carbonyl (C=O) groups is 1. The molecule has 0 spiro atoms. The van der Waals surface area contributed by atoms with Crippen LogP contribution in [0, 0.1) is 6.92 Å². The standard InChI is InChI=1S/C13H14N4O/c1-9-3-2-6-15-13(9)17-12(18)7-11-5-4-10(14)8-16-11/h2-6,8H,7,14H2,1H3,(H,15,17,18). The van der Waals surface area contributed by atoms with Crippen molar-refractivity contribution in [1.29, 1.82) is 0 Å². The normalized spacial score (nSPS) is 10.1.